The van der Waals surface area contributed by atoms with Gasteiger partial charge >= 0.3 is 5.69 Å². The van der Waals surface area contributed by atoms with Crippen LogP contribution in [0.3, 0.4) is 0 Å². The lowest BCUT2D eigenvalue weighted by Crippen LogP contribution is -2.43. The van der Waals surface area contributed by atoms with Crippen molar-refractivity contribution in [3.8, 4) is 0 Å². The number of aromatic nitrogens is 2. The second-order valence-electron chi connectivity index (χ2n) is 7.72. The van der Waals surface area contributed by atoms with Crippen molar-refractivity contribution in [1.82, 2.24) is 20.0 Å². The van der Waals surface area contributed by atoms with Gasteiger partial charge in [0.1, 0.15) is 12.2 Å². The number of halogens is 2. The molecule has 1 rings (SSSR count). The number of hydrogen-bond donors (Lipinski definition) is 1. The van der Waals surface area contributed by atoms with E-state index in [4.69, 9.17) is 0 Å². The molecule has 30 heavy (non-hydrogen) atoms. The number of alkyl halides is 2. The Hall–Kier alpha value is -2.10. The molecule has 0 saturated carbocycles. The van der Waals surface area contributed by atoms with E-state index < -0.39 is 28.6 Å². The zero-order chi connectivity index (χ0) is 22.7. The van der Waals surface area contributed by atoms with E-state index in [0.29, 0.717) is 6.54 Å². The molecule has 1 aromatic rings. The molecule has 0 aliphatic carbocycles. The average Bonchev–Trinajstić information content (AvgIpc) is 2.98. The molecule has 0 aromatic carbocycles. The summed E-state index contributed by atoms with van der Waals surface area (Å²) in [4.78, 5) is 24.9. The Bertz CT molecular complexity index is 672. The van der Waals surface area contributed by atoms with Crippen LogP contribution in [0.2, 0.25) is 0 Å². The number of nitrogens with zero attached hydrogens (tertiary/aromatic N) is 4. The molecule has 1 unspecified atom stereocenters. The van der Waals surface area contributed by atoms with Crippen molar-refractivity contribution in [2.75, 3.05) is 19.6 Å². The number of nitrogens with one attached hydrogen (secondary N) is 1. The first-order chi connectivity index (χ1) is 14.2. The average molecular weight is 432 g/mol. The maximum atomic E-state index is 13.0. The molecule has 0 spiro atoms. The summed E-state index contributed by atoms with van der Waals surface area (Å²) in [5.41, 5.74) is -1.70. The van der Waals surface area contributed by atoms with Crippen molar-refractivity contribution in [3.63, 3.8) is 0 Å². The number of carbonyl (C=O) groups is 1. The Kier molecular flexibility index (Phi) is 11.5. The second-order valence-corrected chi connectivity index (χ2v) is 7.72. The number of carbonyl (C=O) groups excluding carboxylic acids is 1. The minimum atomic E-state index is -3.08. The highest BCUT2D eigenvalue weighted by Gasteiger charge is 2.31. The number of rotatable bonds is 15. The monoisotopic (exact) mass is 431 g/mol. The molecule has 0 aliphatic heterocycles. The number of nitro groups is 1. The first kappa shape index (κ1) is 25.9. The zero-order valence-electron chi connectivity index (χ0n) is 18.5. The van der Waals surface area contributed by atoms with Crippen LogP contribution in [-0.4, -0.2) is 51.2 Å². The van der Waals surface area contributed by atoms with Crippen molar-refractivity contribution in [3.05, 3.63) is 21.5 Å². The third-order valence-electron chi connectivity index (χ3n) is 4.98. The summed E-state index contributed by atoms with van der Waals surface area (Å²) in [5, 5.41) is 17.5. The lowest BCUT2D eigenvalue weighted by Gasteiger charge is -2.26. The van der Waals surface area contributed by atoms with Gasteiger partial charge in [-0.3, -0.25) is 19.6 Å². The van der Waals surface area contributed by atoms with Crippen LogP contribution >= 0.6 is 0 Å². The number of amides is 1. The molecule has 1 amide bonds. The highest BCUT2D eigenvalue weighted by molar-refractivity contribution is 5.76. The normalized spacial score (nSPS) is 12.5. The summed E-state index contributed by atoms with van der Waals surface area (Å²) in [6, 6.07) is -0.138. The fraction of sp³-hybridized carbons (Fsp3) is 0.800. The van der Waals surface area contributed by atoms with Crippen LogP contribution in [0, 0.1) is 17.0 Å². The number of unbranched alkanes of at least 4 members (excludes halogenated alkanes) is 4. The third kappa shape index (κ3) is 8.33. The molecule has 172 valence electrons. The summed E-state index contributed by atoms with van der Waals surface area (Å²) in [5.74, 6) is -0.411. The fourth-order valence-electron chi connectivity index (χ4n) is 3.44. The first-order valence-electron chi connectivity index (χ1n) is 10.7. The smallest absolute Gasteiger partial charge is 0.319 e. The SMILES string of the molecule is CCCCCN(CCCCC)CC(C)NC(=O)Cn1nc(C(F)F)c([N+](=O)[O-])c1C. The van der Waals surface area contributed by atoms with Crippen LogP contribution in [0.5, 0.6) is 0 Å². The number of hydrogen-bond acceptors (Lipinski definition) is 5. The largest absolute Gasteiger partial charge is 0.351 e. The minimum absolute atomic E-state index is 0.0566. The van der Waals surface area contributed by atoms with Crippen molar-refractivity contribution in [1.29, 1.82) is 0 Å². The summed E-state index contributed by atoms with van der Waals surface area (Å²) in [7, 11) is 0. The van der Waals surface area contributed by atoms with Crippen LogP contribution in [0.15, 0.2) is 0 Å². The van der Waals surface area contributed by atoms with Crippen LogP contribution in [0.25, 0.3) is 0 Å². The molecule has 1 N–H and O–H groups in total. The van der Waals surface area contributed by atoms with Crippen LogP contribution in [0.1, 0.15) is 77.1 Å². The summed E-state index contributed by atoms with van der Waals surface area (Å²) in [6.07, 6.45) is 3.75. The van der Waals surface area contributed by atoms with Gasteiger partial charge in [0.05, 0.1) is 4.92 Å². The van der Waals surface area contributed by atoms with E-state index in [0.717, 1.165) is 56.3 Å². The Balaban J connectivity index is 2.69. The second kappa shape index (κ2) is 13.3. The molecule has 1 heterocycles. The van der Waals surface area contributed by atoms with Crippen LogP contribution in [0.4, 0.5) is 14.5 Å². The highest BCUT2D eigenvalue weighted by Crippen LogP contribution is 2.30. The van der Waals surface area contributed by atoms with E-state index in [2.05, 4.69) is 29.2 Å². The van der Waals surface area contributed by atoms with Crippen molar-refractivity contribution in [2.24, 2.45) is 0 Å². The molecular weight excluding hydrogens is 396 g/mol. The Morgan fingerprint density at radius 3 is 2.20 bits per heavy atom. The maximum Gasteiger partial charge on any atom is 0.319 e. The van der Waals surface area contributed by atoms with Gasteiger partial charge in [-0.1, -0.05) is 39.5 Å². The molecule has 1 aromatic heterocycles. The quantitative estimate of drug-likeness (QED) is 0.255. The van der Waals surface area contributed by atoms with Gasteiger partial charge in [0.25, 0.3) is 6.43 Å². The van der Waals surface area contributed by atoms with Crippen LogP contribution in [-0.2, 0) is 11.3 Å². The van der Waals surface area contributed by atoms with Gasteiger partial charge in [-0.05, 0) is 39.8 Å². The van der Waals surface area contributed by atoms with Crippen molar-refractivity contribution in [2.45, 2.75) is 85.2 Å². The fourth-order valence-corrected chi connectivity index (χ4v) is 3.44. The zero-order valence-corrected chi connectivity index (χ0v) is 18.5. The van der Waals surface area contributed by atoms with E-state index in [1.165, 1.54) is 6.92 Å². The van der Waals surface area contributed by atoms with Crippen molar-refractivity contribution < 1.29 is 18.5 Å². The van der Waals surface area contributed by atoms with E-state index >= 15 is 0 Å². The molecule has 0 radical (unpaired) electrons. The predicted molar refractivity (Wildman–Crippen MR) is 112 cm³/mol. The Morgan fingerprint density at radius 1 is 1.20 bits per heavy atom. The first-order valence-corrected chi connectivity index (χ1v) is 10.7. The molecule has 1 atom stereocenters. The highest BCUT2D eigenvalue weighted by atomic mass is 19.3. The van der Waals surface area contributed by atoms with Crippen molar-refractivity contribution >= 4 is 11.6 Å². The summed E-state index contributed by atoms with van der Waals surface area (Å²) in [6.45, 7) is 9.83. The standard InChI is InChI=1S/C20H35F2N5O3/c1-5-7-9-11-25(12-10-8-6-2)13-15(3)23-17(28)14-26-16(4)19(27(29)30)18(24-26)20(21)22/h15,20H,5-14H2,1-4H3,(H,23,28). The summed E-state index contributed by atoms with van der Waals surface area (Å²) < 4.78 is 27.1. The van der Waals surface area contributed by atoms with E-state index in [1.807, 2.05) is 6.92 Å². The van der Waals surface area contributed by atoms with Gasteiger partial charge in [-0.15, -0.1) is 0 Å². The summed E-state index contributed by atoms with van der Waals surface area (Å²) >= 11 is 0. The molecule has 0 fully saturated rings. The van der Waals surface area contributed by atoms with E-state index in [9.17, 15) is 23.7 Å². The van der Waals surface area contributed by atoms with Gasteiger partial charge in [0, 0.05) is 12.6 Å². The molecule has 0 bridgehead atoms. The molecule has 0 aliphatic rings. The van der Waals surface area contributed by atoms with Gasteiger partial charge in [0.2, 0.25) is 11.6 Å². The molecule has 10 heteroatoms. The van der Waals surface area contributed by atoms with E-state index in [-0.39, 0.29) is 18.3 Å². The van der Waals surface area contributed by atoms with Gasteiger partial charge < -0.3 is 10.2 Å². The Morgan fingerprint density at radius 2 is 1.77 bits per heavy atom. The topological polar surface area (TPSA) is 93.3 Å². The lowest BCUT2D eigenvalue weighted by molar-refractivity contribution is -0.386. The molecule has 0 saturated heterocycles. The third-order valence-corrected chi connectivity index (χ3v) is 4.98. The van der Waals surface area contributed by atoms with Gasteiger partial charge in [-0.2, -0.15) is 5.10 Å². The lowest BCUT2D eigenvalue weighted by atomic mass is 10.2. The van der Waals surface area contributed by atoms with Gasteiger partial charge in [-0.25, -0.2) is 8.78 Å². The van der Waals surface area contributed by atoms with Gasteiger partial charge in [0.15, 0.2) is 0 Å². The molecule has 8 nitrogen and oxygen atoms in total. The minimum Gasteiger partial charge on any atom is -0.351 e. The van der Waals surface area contributed by atoms with Crippen LogP contribution < -0.4 is 5.32 Å². The predicted octanol–water partition coefficient (Wildman–Crippen LogP) is 4.22. The maximum absolute atomic E-state index is 13.0. The Labute approximate surface area is 177 Å². The molecular formula is C20H35F2N5O3. The van der Waals surface area contributed by atoms with E-state index in [1.54, 1.807) is 0 Å².